The average Bonchev–Trinajstić information content (AvgIpc) is 3.57. The van der Waals surface area contributed by atoms with Crippen LogP contribution in [0.2, 0.25) is 0 Å². The van der Waals surface area contributed by atoms with E-state index in [0.717, 1.165) is 34.6 Å². The molecular weight excluding hydrogens is 422 g/mol. The molecule has 7 heteroatoms. The van der Waals surface area contributed by atoms with Crippen LogP contribution >= 0.6 is 11.3 Å². The molecule has 0 spiro atoms. The zero-order valence-electron chi connectivity index (χ0n) is 17.7. The highest BCUT2D eigenvalue weighted by molar-refractivity contribution is 7.22. The second-order valence-corrected chi connectivity index (χ2v) is 9.02. The molecule has 1 fully saturated rings. The highest BCUT2D eigenvalue weighted by atomic mass is 32.1. The number of rotatable bonds is 7. The van der Waals surface area contributed by atoms with Gasteiger partial charge in [0.1, 0.15) is 17.0 Å². The molecule has 1 aliphatic rings. The van der Waals surface area contributed by atoms with Crippen molar-refractivity contribution in [1.29, 1.82) is 0 Å². The Morgan fingerprint density at radius 2 is 1.91 bits per heavy atom. The number of nitrogens with zero attached hydrogens (tertiary/aromatic N) is 3. The van der Waals surface area contributed by atoms with Crippen molar-refractivity contribution < 1.29 is 9.53 Å². The largest absolute Gasteiger partial charge is 0.497 e. The first-order valence-electron chi connectivity index (χ1n) is 10.6. The summed E-state index contributed by atoms with van der Waals surface area (Å²) >= 11 is 1.40. The van der Waals surface area contributed by atoms with E-state index in [-0.39, 0.29) is 24.1 Å². The molecule has 32 heavy (non-hydrogen) atoms. The predicted octanol–water partition coefficient (Wildman–Crippen LogP) is 4.32. The molecule has 5 rings (SSSR count). The quantitative estimate of drug-likeness (QED) is 0.425. The highest BCUT2D eigenvalue weighted by Crippen LogP contribution is 2.32. The number of methoxy groups -OCH3 is 1. The van der Waals surface area contributed by atoms with Crippen LogP contribution in [0.1, 0.15) is 18.4 Å². The zero-order valence-corrected chi connectivity index (χ0v) is 18.5. The van der Waals surface area contributed by atoms with E-state index >= 15 is 0 Å². The number of carbonyl (C=O) groups excluding carboxylic acids is 1. The van der Waals surface area contributed by atoms with Crippen LogP contribution in [0.5, 0.6) is 5.75 Å². The van der Waals surface area contributed by atoms with Crippen LogP contribution in [0, 0.1) is 0 Å². The smallest absolute Gasteiger partial charge is 0.271 e. The average molecular weight is 446 g/mol. The van der Waals surface area contributed by atoms with Gasteiger partial charge >= 0.3 is 0 Å². The summed E-state index contributed by atoms with van der Waals surface area (Å²) < 4.78 is 7.21. The fourth-order valence-corrected chi connectivity index (χ4v) is 4.84. The van der Waals surface area contributed by atoms with Gasteiger partial charge in [-0.2, -0.15) is 0 Å². The number of carbonyl (C=O) groups is 1. The van der Waals surface area contributed by atoms with Gasteiger partial charge in [0.15, 0.2) is 0 Å². The first kappa shape index (κ1) is 20.5. The molecule has 162 valence electrons. The highest BCUT2D eigenvalue weighted by Gasteiger charge is 2.32. The van der Waals surface area contributed by atoms with Gasteiger partial charge in [0, 0.05) is 17.5 Å². The van der Waals surface area contributed by atoms with Crippen LogP contribution in [0.25, 0.3) is 20.7 Å². The van der Waals surface area contributed by atoms with E-state index in [9.17, 15) is 9.59 Å². The molecule has 4 aromatic rings. The van der Waals surface area contributed by atoms with Crippen LogP contribution in [-0.4, -0.2) is 33.5 Å². The topological polar surface area (TPSA) is 64.4 Å². The summed E-state index contributed by atoms with van der Waals surface area (Å²) in [6, 6.07) is 19.9. The lowest BCUT2D eigenvalue weighted by atomic mass is 10.2. The van der Waals surface area contributed by atoms with Gasteiger partial charge in [-0.15, -0.1) is 11.3 Å². The number of fused-ring (bicyclic) bond motifs is 1. The molecule has 0 unspecified atom stereocenters. The van der Waals surface area contributed by atoms with Crippen molar-refractivity contribution >= 4 is 27.5 Å². The Labute approximate surface area is 189 Å². The maximum Gasteiger partial charge on any atom is 0.271 e. The minimum Gasteiger partial charge on any atom is -0.497 e. The van der Waals surface area contributed by atoms with E-state index in [2.05, 4.69) is 4.98 Å². The zero-order chi connectivity index (χ0) is 22.1. The molecule has 0 radical (unpaired) electrons. The van der Waals surface area contributed by atoms with E-state index in [0.29, 0.717) is 16.8 Å². The van der Waals surface area contributed by atoms with E-state index in [1.165, 1.54) is 22.2 Å². The second-order valence-electron chi connectivity index (χ2n) is 7.97. The van der Waals surface area contributed by atoms with Crippen LogP contribution in [0.3, 0.4) is 0 Å². The standard InChI is InChI=1S/C25H23N3O3S/c1-31-20-11-7-18(8-12-20)22-13-21-24(32-22)25(30)27(16-26-21)15-23(29)28(19-9-10-19)14-17-5-3-2-4-6-17/h2-8,11-13,16,19H,9-10,14-15H2,1H3. The molecule has 6 nitrogen and oxygen atoms in total. The normalized spacial score (nSPS) is 13.3. The van der Waals surface area contributed by atoms with Crippen molar-refractivity contribution in [1.82, 2.24) is 14.5 Å². The van der Waals surface area contributed by atoms with Crippen molar-refractivity contribution in [2.24, 2.45) is 0 Å². The van der Waals surface area contributed by atoms with Gasteiger partial charge in [-0.25, -0.2) is 4.98 Å². The third-order valence-electron chi connectivity index (χ3n) is 5.69. The van der Waals surface area contributed by atoms with Gasteiger partial charge in [0.05, 0.1) is 19.0 Å². The van der Waals surface area contributed by atoms with Gasteiger partial charge in [0.25, 0.3) is 5.56 Å². The molecule has 1 saturated carbocycles. The fraction of sp³-hybridized carbons (Fsp3) is 0.240. The summed E-state index contributed by atoms with van der Waals surface area (Å²) in [6.45, 7) is 0.566. The lowest BCUT2D eigenvalue weighted by molar-refractivity contribution is -0.133. The lowest BCUT2D eigenvalue weighted by Gasteiger charge is -2.23. The van der Waals surface area contributed by atoms with E-state index < -0.39 is 0 Å². The number of benzene rings is 2. The molecule has 1 amide bonds. The van der Waals surface area contributed by atoms with Gasteiger partial charge < -0.3 is 9.64 Å². The second kappa shape index (κ2) is 8.59. The molecule has 2 heterocycles. The monoisotopic (exact) mass is 445 g/mol. The molecular formula is C25H23N3O3S. The van der Waals surface area contributed by atoms with Crippen molar-refractivity contribution in [2.45, 2.75) is 32.0 Å². The molecule has 2 aromatic carbocycles. The summed E-state index contributed by atoms with van der Waals surface area (Å²) in [7, 11) is 1.63. The van der Waals surface area contributed by atoms with Crippen LogP contribution in [0.4, 0.5) is 0 Å². The Morgan fingerprint density at radius 1 is 1.16 bits per heavy atom. The van der Waals surface area contributed by atoms with Crippen LogP contribution < -0.4 is 10.3 Å². The number of hydrogen-bond acceptors (Lipinski definition) is 5. The summed E-state index contributed by atoms with van der Waals surface area (Å²) in [6.07, 6.45) is 3.52. The molecule has 0 atom stereocenters. The summed E-state index contributed by atoms with van der Waals surface area (Å²) in [5, 5.41) is 0. The first-order valence-corrected chi connectivity index (χ1v) is 11.4. The molecule has 2 aromatic heterocycles. The van der Waals surface area contributed by atoms with Gasteiger partial charge in [-0.1, -0.05) is 30.3 Å². The Kier molecular flexibility index (Phi) is 5.49. The van der Waals surface area contributed by atoms with E-state index in [4.69, 9.17) is 4.74 Å². The summed E-state index contributed by atoms with van der Waals surface area (Å²) in [5.74, 6) is 0.733. The number of aromatic nitrogens is 2. The molecule has 0 saturated heterocycles. The van der Waals surface area contributed by atoms with Gasteiger partial charge in [0.2, 0.25) is 5.91 Å². The number of ether oxygens (including phenoxy) is 1. The Hall–Kier alpha value is -3.45. The van der Waals surface area contributed by atoms with Crippen molar-refractivity contribution in [2.75, 3.05) is 7.11 Å². The first-order chi connectivity index (χ1) is 15.6. The fourth-order valence-electron chi connectivity index (χ4n) is 3.78. The maximum atomic E-state index is 13.1. The SMILES string of the molecule is COc1ccc(-c2cc3ncn(CC(=O)N(Cc4ccccc4)C4CC4)c(=O)c3s2)cc1. The van der Waals surface area contributed by atoms with Gasteiger partial charge in [-0.3, -0.25) is 14.2 Å². The molecule has 0 bridgehead atoms. The van der Waals surface area contributed by atoms with E-state index in [1.54, 1.807) is 7.11 Å². The Balaban J connectivity index is 1.39. The minimum absolute atomic E-state index is 0.000869. The Morgan fingerprint density at radius 3 is 2.59 bits per heavy atom. The third kappa shape index (κ3) is 4.16. The van der Waals surface area contributed by atoms with Crippen LogP contribution in [0.15, 0.2) is 71.8 Å². The maximum absolute atomic E-state index is 13.1. The third-order valence-corrected chi connectivity index (χ3v) is 6.85. The lowest BCUT2D eigenvalue weighted by Crippen LogP contribution is -2.37. The van der Waals surface area contributed by atoms with Crippen LogP contribution in [-0.2, 0) is 17.9 Å². The summed E-state index contributed by atoms with van der Waals surface area (Å²) in [4.78, 5) is 33.5. The Bertz CT molecular complexity index is 1310. The van der Waals surface area contributed by atoms with Gasteiger partial charge in [-0.05, 0) is 54.3 Å². The number of thiophene rings is 1. The summed E-state index contributed by atoms with van der Waals surface area (Å²) in [5.41, 5.74) is 2.57. The number of amides is 1. The molecule has 1 aliphatic carbocycles. The van der Waals surface area contributed by atoms with E-state index in [1.807, 2.05) is 65.6 Å². The molecule has 0 aliphatic heterocycles. The predicted molar refractivity (Wildman–Crippen MR) is 126 cm³/mol. The van der Waals surface area contributed by atoms with Crippen molar-refractivity contribution in [3.05, 3.63) is 82.9 Å². The molecule has 0 N–H and O–H groups in total. The van der Waals surface area contributed by atoms with Crippen molar-refractivity contribution in [3.63, 3.8) is 0 Å². The number of hydrogen-bond donors (Lipinski definition) is 0. The van der Waals surface area contributed by atoms with Crippen molar-refractivity contribution in [3.8, 4) is 16.2 Å². The minimum atomic E-state index is -0.177.